The van der Waals surface area contributed by atoms with E-state index in [1.165, 1.54) is 0 Å². The van der Waals surface area contributed by atoms with Gasteiger partial charge in [-0.3, -0.25) is 14.3 Å². The molecule has 1 N–H and O–H groups in total. The van der Waals surface area contributed by atoms with E-state index in [2.05, 4.69) is 15.4 Å². The number of nitrogens with one attached hydrogen (secondary N) is 1. The zero-order valence-electron chi connectivity index (χ0n) is 16.5. The van der Waals surface area contributed by atoms with E-state index in [0.29, 0.717) is 30.4 Å². The highest BCUT2D eigenvalue weighted by Crippen LogP contribution is 2.54. The molecule has 9 heteroatoms. The van der Waals surface area contributed by atoms with Gasteiger partial charge in [0.15, 0.2) is 0 Å². The second-order valence-electron chi connectivity index (χ2n) is 7.78. The lowest BCUT2D eigenvalue weighted by atomic mass is 9.74. The van der Waals surface area contributed by atoms with Crippen molar-refractivity contribution in [1.82, 2.24) is 24.2 Å². The monoisotopic (exact) mass is 424 g/mol. The molecule has 1 aromatic carbocycles. The summed E-state index contributed by atoms with van der Waals surface area (Å²) in [6.07, 6.45) is 7.60. The second-order valence-corrected chi connectivity index (χ2v) is 8.22. The van der Waals surface area contributed by atoms with E-state index in [1.807, 2.05) is 42.1 Å². The van der Waals surface area contributed by atoms with Crippen LogP contribution in [0.2, 0.25) is 5.02 Å². The number of aromatic nitrogens is 4. The Labute approximate surface area is 178 Å². The molecule has 2 aliphatic heterocycles. The van der Waals surface area contributed by atoms with Gasteiger partial charge in [0.1, 0.15) is 17.3 Å². The number of imidazole rings is 1. The molecule has 0 unspecified atom stereocenters. The molecule has 2 amide bonds. The summed E-state index contributed by atoms with van der Waals surface area (Å²) in [5.74, 6) is 0.587. The van der Waals surface area contributed by atoms with Gasteiger partial charge in [0.25, 0.3) is 0 Å². The zero-order valence-corrected chi connectivity index (χ0v) is 17.2. The molecule has 3 aromatic rings. The van der Waals surface area contributed by atoms with Crippen molar-refractivity contribution in [2.45, 2.75) is 30.8 Å². The number of anilines is 1. The highest BCUT2D eigenvalue weighted by atomic mass is 35.5. The SMILES string of the molecule is Cn1ccnc1[C@@H]1N(C(=O)CCn2cc(Cl)cn2)CC[C@]12C(=O)Nc1ccccc12. The van der Waals surface area contributed by atoms with Crippen LogP contribution in [-0.2, 0) is 28.6 Å². The minimum atomic E-state index is -0.847. The number of carbonyl (C=O) groups excluding carboxylic acids is 2. The normalized spacial score (nSPS) is 22.5. The Balaban J connectivity index is 1.52. The van der Waals surface area contributed by atoms with Crippen LogP contribution in [0, 0.1) is 0 Å². The fourth-order valence-corrected chi connectivity index (χ4v) is 4.93. The maximum absolute atomic E-state index is 13.3. The van der Waals surface area contributed by atoms with Crippen LogP contribution in [0.1, 0.15) is 30.3 Å². The molecule has 1 fully saturated rings. The number of rotatable bonds is 4. The molecule has 1 saturated heterocycles. The summed E-state index contributed by atoms with van der Waals surface area (Å²) in [6, 6.07) is 7.24. The van der Waals surface area contributed by atoms with Gasteiger partial charge in [-0.25, -0.2) is 4.98 Å². The third-order valence-electron chi connectivity index (χ3n) is 6.17. The van der Waals surface area contributed by atoms with Crippen LogP contribution >= 0.6 is 11.6 Å². The van der Waals surface area contributed by atoms with Gasteiger partial charge in [-0.1, -0.05) is 29.8 Å². The van der Waals surface area contributed by atoms with Crippen molar-refractivity contribution in [2.75, 3.05) is 11.9 Å². The zero-order chi connectivity index (χ0) is 20.9. The highest BCUT2D eigenvalue weighted by Gasteiger charge is 2.60. The third kappa shape index (κ3) is 2.74. The summed E-state index contributed by atoms with van der Waals surface area (Å²) in [7, 11) is 1.89. The first-order valence-corrected chi connectivity index (χ1v) is 10.2. The minimum Gasteiger partial charge on any atom is -0.336 e. The third-order valence-corrected chi connectivity index (χ3v) is 6.36. The Kier molecular flexibility index (Phi) is 4.39. The topological polar surface area (TPSA) is 85.1 Å². The first-order chi connectivity index (χ1) is 14.5. The van der Waals surface area contributed by atoms with E-state index in [9.17, 15) is 9.59 Å². The Hall–Kier alpha value is -3.13. The van der Waals surface area contributed by atoms with Crippen molar-refractivity contribution in [3.05, 3.63) is 65.5 Å². The second kappa shape index (κ2) is 6.98. The summed E-state index contributed by atoms with van der Waals surface area (Å²) in [4.78, 5) is 32.9. The standard InChI is InChI=1S/C21H21ClN6O2/c1-26-11-8-23-19(26)18-21(15-4-2-3-5-16(15)25-20(21)30)7-10-28(18)17(29)6-9-27-13-14(22)12-24-27/h2-5,8,11-13,18H,6-7,9-10H2,1H3,(H,25,30)/t18-,21+/m0/s1. The van der Waals surface area contributed by atoms with Crippen LogP contribution in [0.15, 0.2) is 49.1 Å². The Bertz CT molecular complexity index is 1140. The Morgan fingerprint density at radius 3 is 2.93 bits per heavy atom. The predicted molar refractivity (Wildman–Crippen MR) is 111 cm³/mol. The molecule has 154 valence electrons. The van der Waals surface area contributed by atoms with Crippen LogP contribution in [0.5, 0.6) is 0 Å². The quantitative estimate of drug-likeness (QED) is 0.697. The molecule has 0 saturated carbocycles. The fourth-order valence-electron chi connectivity index (χ4n) is 4.77. The average Bonchev–Trinajstić information content (AvgIpc) is 3.49. The van der Waals surface area contributed by atoms with Gasteiger partial charge < -0.3 is 14.8 Å². The van der Waals surface area contributed by atoms with Crippen molar-refractivity contribution in [3.8, 4) is 0 Å². The summed E-state index contributed by atoms with van der Waals surface area (Å²) in [5.41, 5.74) is 0.889. The number of fused-ring (bicyclic) bond motifs is 2. The van der Waals surface area contributed by atoms with Crippen LogP contribution < -0.4 is 5.32 Å². The predicted octanol–water partition coefficient (Wildman–Crippen LogP) is 2.52. The largest absolute Gasteiger partial charge is 0.336 e. The molecule has 30 heavy (non-hydrogen) atoms. The van der Waals surface area contributed by atoms with E-state index in [0.717, 1.165) is 11.3 Å². The molecule has 0 aliphatic carbocycles. The summed E-state index contributed by atoms with van der Waals surface area (Å²) in [5, 5.41) is 7.70. The van der Waals surface area contributed by atoms with Crippen molar-refractivity contribution in [1.29, 1.82) is 0 Å². The van der Waals surface area contributed by atoms with Gasteiger partial charge in [-0.15, -0.1) is 0 Å². The maximum Gasteiger partial charge on any atom is 0.237 e. The number of para-hydroxylation sites is 1. The van der Waals surface area contributed by atoms with Crippen molar-refractivity contribution >= 4 is 29.1 Å². The number of amides is 2. The number of aryl methyl sites for hydroxylation is 2. The molecule has 1 spiro atoms. The molecule has 0 bridgehead atoms. The van der Waals surface area contributed by atoms with Gasteiger partial charge in [-0.05, 0) is 18.1 Å². The van der Waals surface area contributed by atoms with Crippen molar-refractivity contribution in [2.24, 2.45) is 7.05 Å². The van der Waals surface area contributed by atoms with Gasteiger partial charge in [0.05, 0.1) is 11.2 Å². The van der Waals surface area contributed by atoms with Crippen LogP contribution in [0.4, 0.5) is 5.69 Å². The number of hydrogen-bond donors (Lipinski definition) is 1. The number of nitrogens with zero attached hydrogens (tertiary/aromatic N) is 5. The van der Waals surface area contributed by atoms with E-state index in [1.54, 1.807) is 28.2 Å². The Morgan fingerprint density at radius 1 is 1.37 bits per heavy atom. The maximum atomic E-state index is 13.3. The molecular formula is C21H21ClN6O2. The number of carbonyl (C=O) groups is 2. The molecule has 4 heterocycles. The lowest BCUT2D eigenvalue weighted by Crippen LogP contribution is -2.44. The minimum absolute atomic E-state index is 0.0383. The first-order valence-electron chi connectivity index (χ1n) is 9.86. The lowest BCUT2D eigenvalue weighted by Gasteiger charge is -2.33. The molecule has 5 rings (SSSR count). The number of hydrogen-bond acceptors (Lipinski definition) is 4. The lowest BCUT2D eigenvalue weighted by molar-refractivity contribution is -0.134. The van der Waals surface area contributed by atoms with Crippen LogP contribution in [0.25, 0.3) is 0 Å². The summed E-state index contributed by atoms with van der Waals surface area (Å²) in [6.45, 7) is 0.906. The van der Waals surface area contributed by atoms with E-state index >= 15 is 0 Å². The van der Waals surface area contributed by atoms with E-state index in [-0.39, 0.29) is 18.2 Å². The van der Waals surface area contributed by atoms with E-state index < -0.39 is 11.5 Å². The van der Waals surface area contributed by atoms with Crippen molar-refractivity contribution in [3.63, 3.8) is 0 Å². The van der Waals surface area contributed by atoms with Crippen LogP contribution in [0.3, 0.4) is 0 Å². The number of benzene rings is 1. The highest BCUT2D eigenvalue weighted by molar-refractivity contribution is 6.30. The molecular weight excluding hydrogens is 404 g/mol. The van der Waals surface area contributed by atoms with Gasteiger partial charge >= 0.3 is 0 Å². The number of halogens is 1. The molecule has 0 radical (unpaired) electrons. The summed E-state index contributed by atoms with van der Waals surface area (Å²) >= 11 is 5.92. The first kappa shape index (κ1) is 18.9. The van der Waals surface area contributed by atoms with Gasteiger partial charge in [0, 0.05) is 50.8 Å². The number of likely N-dealkylation sites (tertiary alicyclic amines) is 1. The summed E-state index contributed by atoms with van der Waals surface area (Å²) < 4.78 is 3.54. The van der Waals surface area contributed by atoms with Gasteiger partial charge in [-0.2, -0.15) is 5.10 Å². The molecule has 8 nitrogen and oxygen atoms in total. The molecule has 2 atom stereocenters. The van der Waals surface area contributed by atoms with E-state index in [4.69, 9.17) is 11.6 Å². The fraction of sp³-hybridized carbons (Fsp3) is 0.333. The van der Waals surface area contributed by atoms with Crippen LogP contribution in [-0.4, -0.2) is 42.6 Å². The molecule has 2 aromatic heterocycles. The van der Waals surface area contributed by atoms with Gasteiger partial charge in [0.2, 0.25) is 11.8 Å². The molecule has 2 aliphatic rings. The Morgan fingerprint density at radius 2 is 2.20 bits per heavy atom. The average molecular weight is 425 g/mol. The van der Waals surface area contributed by atoms with Crippen molar-refractivity contribution < 1.29 is 9.59 Å². The smallest absolute Gasteiger partial charge is 0.237 e.